The van der Waals surface area contributed by atoms with Crippen LogP contribution in [0.2, 0.25) is 5.02 Å². The predicted molar refractivity (Wildman–Crippen MR) is 105 cm³/mol. The van der Waals surface area contributed by atoms with Gasteiger partial charge in [0.1, 0.15) is 5.75 Å². The van der Waals surface area contributed by atoms with Crippen molar-refractivity contribution in [2.45, 2.75) is 52.6 Å². The summed E-state index contributed by atoms with van der Waals surface area (Å²) in [5.74, 6) is 0.509. The molecule has 2 aromatic carbocycles. The van der Waals surface area contributed by atoms with Gasteiger partial charge in [-0.05, 0) is 67.6 Å². The number of halogens is 1. The minimum Gasteiger partial charge on any atom is -0.481 e. The maximum atomic E-state index is 12.5. The summed E-state index contributed by atoms with van der Waals surface area (Å²) < 4.78 is 5.84. The number of unbranched alkanes of at least 4 members (excludes halogenated alkanes) is 1. The van der Waals surface area contributed by atoms with Crippen LogP contribution in [-0.2, 0) is 11.2 Å². The number of carbonyl (C=O) groups excluding carboxylic acids is 1. The lowest BCUT2D eigenvalue weighted by atomic mass is 10.1. The summed E-state index contributed by atoms with van der Waals surface area (Å²) in [7, 11) is 0. The number of anilines is 1. The molecule has 0 unspecified atom stereocenters. The first-order valence-corrected chi connectivity index (χ1v) is 9.23. The van der Waals surface area contributed by atoms with E-state index in [2.05, 4.69) is 24.4 Å². The number of hydrogen-bond acceptors (Lipinski definition) is 2. The molecular formula is C21H26ClNO2. The van der Waals surface area contributed by atoms with Gasteiger partial charge in [-0.3, -0.25) is 4.79 Å². The third kappa shape index (κ3) is 5.79. The summed E-state index contributed by atoms with van der Waals surface area (Å²) in [5, 5.41) is 3.62. The average Bonchev–Trinajstić information content (AvgIpc) is 2.62. The largest absolute Gasteiger partial charge is 0.481 e. The van der Waals surface area contributed by atoms with Crippen LogP contribution in [0.25, 0.3) is 0 Å². The Morgan fingerprint density at radius 1 is 1.16 bits per heavy atom. The molecule has 0 bridgehead atoms. The maximum Gasteiger partial charge on any atom is 0.265 e. The zero-order valence-corrected chi connectivity index (χ0v) is 15.9. The van der Waals surface area contributed by atoms with Gasteiger partial charge in [-0.15, -0.1) is 0 Å². The van der Waals surface area contributed by atoms with Crippen LogP contribution in [0, 0.1) is 6.92 Å². The van der Waals surface area contributed by atoms with Crippen molar-refractivity contribution in [3.63, 3.8) is 0 Å². The summed E-state index contributed by atoms with van der Waals surface area (Å²) in [5.41, 5.74) is 3.01. The lowest BCUT2D eigenvalue weighted by Gasteiger charge is -2.18. The number of hydrogen-bond donors (Lipinski definition) is 1. The third-order valence-corrected chi connectivity index (χ3v) is 4.54. The Kier molecular flexibility index (Phi) is 7.32. The highest BCUT2D eigenvalue weighted by Crippen LogP contribution is 2.23. The highest BCUT2D eigenvalue weighted by molar-refractivity contribution is 6.31. The smallest absolute Gasteiger partial charge is 0.265 e. The molecule has 0 radical (unpaired) electrons. The molecule has 3 nitrogen and oxygen atoms in total. The van der Waals surface area contributed by atoms with E-state index in [9.17, 15) is 4.79 Å². The fourth-order valence-electron chi connectivity index (χ4n) is 2.54. The summed E-state index contributed by atoms with van der Waals surface area (Å²) >= 11 is 6.03. The topological polar surface area (TPSA) is 38.3 Å². The Morgan fingerprint density at radius 2 is 1.88 bits per heavy atom. The molecule has 2 aromatic rings. The molecule has 0 aliphatic heterocycles. The van der Waals surface area contributed by atoms with Crippen molar-refractivity contribution in [3.8, 4) is 5.75 Å². The van der Waals surface area contributed by atoms with E-state index in [0.29, 0.717) is 17.2 Å². The van der Waals surface area contributed by atoms with Crippen LogP contribution in [-0.4, -0.2) is 12.0 Å². The van der Waals surface area contributed by atoms with Crippen LogP contribution in [0.4, 0.5) is 5.69 Å². The molecule has 1 amide bonds. The Labute approximate surface area is 155 Å². The van der Waals surface area contributed by atoms with Gasteiger partial charge < -0.3 is 10.1 Å². The zero-order valence-electron chi connectivity index (χ0n) is 15.1. The minimum absolute atomic E-state index is 0.142. The Bertz CT molecular complexity index is 698. The van der Waals surface area contributed by atoms with E-state index in [-0.39, 0.29) is 5.91 Å². The maximum absolute atomic E-state index is 12.5. The van der Waals surface area contributed by atoms with Crippen molar-refractivity contribution in [2.75, 3.05) is 5.32 Å². The summed E-state index contributed by atoms with van der Waals surface area (Å²) in [6, 6.07) is 13.4. The van der Waals surface area contributed by atoms with Crippen LogP contribution >= 0.6 is 11.6 Å². The molecule has 1 N–H and O–H groups in total. The molecule has 2 rings (SSSR count). The van der Waals surface area contributed by atoms with Gasteiger partial charge in [0.2, 0.25) is 0 Å². The predicted octanol–water partition coefficient (Wildman–Crippen LogP) is 5.79. The first kappa shape index (κ1) is 19.3. The van der Waals surface area contributed by atoms with E-state index in [1.165, 1.54) is 18.4 Å². The van der Waals surface area contributed by atoms with Gasteiger partial charge in [-0.1, -0.05) is 44.0 Å². The van der Waals surface area contributed by atoms with E-state index >= 15 is 0 Å². The molecule has 0 spiro atoms. The van der Waals surface area contributed by atoms with Gasteiger partial charge >= 0.3 is 0 Å². The minimum atomic E-state index is -0.541. The van der Waals surface area contributed by atoms with Gasteiger partial charge in [-0.25, -0.2) is 0 Å². The molecule has 1 atom stereocenters. The third-order valence-electron chi connectivity index (χ3n) is 4.11. The van der Waals surface area contributed by atoms with Crippen LogP contribution in [0.3, 0.4) is 0 Å². The summed E-state index contributed by atoms with van der Waals surface area (Å²) in [6.45, 7) is 6.03. The van der Waals surface area contributed by atoms with Crippen molar-refractivity contribution in [1.82, 2.24) is 0 Å². The van der Waals surface area contributed by atoms with E-state index in [0.717, 1.165) is 17.7 Å². The molecule has 4 heteroatoms. The van der Waals surface area contributed by atoms with Crippen LogP contribution < -0.4 is 10.1 Å². The lowest BCUT2D eigenvalue weighted by molar-refractivity contribution is -0.122. The van der Waals surface area contributed by atoms with Crippen LogP contribution in [0.1, 0.15) is 44.2 Å². The van der Waals surface area contributed by atoms with Gasteiger partial charge in [-0.2, -0.15) is 0 Å². The first-order valence-electron chi connectivity index (χ1n) is 8.86. The zero-order chi connectivity index (χ0) is 18.2. The second kappa shape index (κ2) is 9.47. The number of carbonyl (C=O) groups is 1. The highest BCUT2D eigenvalue weighted by atomic mass is 35.5. The van der Waals surface area contributed by atoms with Crippen molar-refractivity contribution in [3.05, 3.63) is 58.6 Å². The number of aryl methyl sites for hydroxylation is 2. The Hall–Kier alpha value is -2.00. The van der Waals surface area contributed by atoms with Crippen molar-refractivity contribution in [1.29, 1.82) is 0 Å². The monoisotopic (exact) mass is 359 g/mol. The Morgan fingerprint density at radius 3 is 2.48 bits per heavy atom. The van der Waals surface area contributed by atoms with E-state index < -0.39 is 6.10 Å². The molecular weight excluding hydrogens is 334 g/mol. The SMILES string of the molecule is CCCCc1ccc(NC(=O)[C@@H](CC)Oc2ccc(Cl)c(C)c2)cc1. The van der Waals surface area contributed by atoms with Gasteiger partial charge in [0.25, 0.3) is 5.91 Å². The standard InChI is InChI=1S/C21H26ClNO2/c1-4-6-7-16-8-10-17(11-9-16)23-21(24)20(5-2)25-18-12-13-19(22)15(3)14-18/h8-14,20H,4-7H2,1-3H3,(H,23,24)/t20-/m1/s1. The average molecular weight is 360 g/mol. The molecule has 0 saturated heterocycles. The molecule has 0 aliphatic carbocycles. The van der Waals surface area contributed by atoms with Crippen molar-refractivity contribution in [2.24, 2.45) is 0 Å². The lowest BCUT2D eigenvalue weighted by Crippen LogP contribution is -2.32. The fraction of sp³-hybridized carbons (Fsp3) is 0.381. The molecule has 0 aromatic heterocycles. The number of nitrogens with one attached hydrogen (secondary N) is 1. The van der Waals surface area contributed by atoms with Gasteiger partial charge in [0.15, 0.2) is 6.10 Å². The molecule has 0 aliphatic rings. The van der Waals surface area contributed by atoms with Crippen molar-refractivity contribution >= 4 is 23.2 Å². The molecule has 0 heterocycles. The van der Waals surface area contributed by atoms with E-state index in [1.807, 2.05) is 32.0 Å². The molecule has 0 saturated carbocycles. The van der Waals surface area contributed by atoms with E-state index in [1.54, 1.807) is 12.1 Å². The fourth-order valence-corrected chi connectivity index (χ4v) is 2.65. The van der Waals surface area contributed by atoms with Gasteiger partial charge in [0, 0.05) is 10.7 Å². The molecule has 25 heavy (non-hydrogen) atoms. The van der Waals surface area contributed by atoms with Crippen LogP contribution in [0.15, 0.2) is 42.5 Å². The molecule has 134 valence electrons. The van der Waals surface area contributed by atoms with Gasteiger partial charge in [0.05, 0.1) is 0 Å². The number of rotatable bonds is 8. The highest BCUT2D eigenvalue weighted by Gasteiger charge is 2.18. The van der Waals surface area contributed by atoms with E-state index in [4.69, 9.17) is 16.3 Å². The molecule has 0 fully saturated rings. The quantitative estimate of drug-likeness (QED) is 0.648. The Balaban J connectivity index is 1.98. The van der Waals surface area contributed by atoms with Crippen molar-refractivity contribution < 1.29 is 9.53 Å². The second-order valence-electron chi connectivity index (χ2n) is 6.22. The normalized spacial score (nSPS) is 11.8. The first-order chi connectivity index (χ1) is 12.0. The number of benzene rings is 2. The second-order valence-corrected chi connectivity index (χ2v) is 6.62. The summed E-state index contributed by atoms with van der Waals surface area (Å²) in [6.07, 6.45) is 3.47. The summed E-state index contributed by atoms with van der Waals surface area (Å²) in [4.78, 5) is 12.5. The number of ether oxygens (including phenoxy) is 1. The number of amides is 1. The van der Waals surface area contributed by atoms with Crippen LogP contribution in [0.5, 0.6) is 5.75 Å².